The predicted molar refractivity (Wildman–Crippen MR) is 56.1 cm³/mol. The summed E-state index contributed by atoms with van der Waals surface area (Å²) >= 11 is 3.28. The van der Waals surface area contributed by atoms with Gasteiger partial charge in [0, 0.05) is 13.1 Å². The van der Waals surface area contributed by atoms with Crippen molar-refractivity contribution in [3.05, 3.63) is 22.6 Å². The smallest absolute Gasteiger partial charge is 0.290 e. The van der Waals surface area contributed by atoms with Crippen LogP contribution in [0.3, 0.4) is 0 Å². The number of hydrogen-bond donors (Lipinski definition) is 0. The molecule has 0 aromatic carbocycles. The molecule has 1 amide bonds. The van der Waals surface area contributed by atoms with Gasteiger partial charge in [-0.25, -0.2) is 0 Å². The molecule has 0 spiro atoms. The third-order valence-corrected chi connectivity index (χ3v) is 2.96. The lowest BCUT2D eigenvalue weighted by atomic mass is 9.84. The summed E-state index contributed by atoms with van der Waals surface area (Å²) in [6.45, 7) is 5.90. The summed E-state index contributed by atoms with van der Waals surface area (Å²) in [6.07, 6.45) is 1.52. The maximum Gasteiger partial charge on any atom is 0.290 e. The summed E-state index contributed by atoms with van der Waals surface area (Å²) in [4.78, 5) is 13.6. The molecular formula is C10H12BrNO2. The van der Waals surface area contributed by atoms with E-state index < -0.39 is 0 Å². The largest absolute Gasteiger partial charge is 0.458 e. The van der Waals surface area contributed by atoms with Gasteiger partial charge in [-0.3, -0.25) is 4.79 Å². The summed E-state index contributed by atoms with van der Waals surface area (Å²) in [7, 11) is 0. The first-order valence-corrected chi connectivity index (χ1v) is 5.31. The Balaban J connectivity index is 2.08. The van der Waals surface area contributed by atoms with Crippen molar-refractivity contribution in [3.63, 3.8) is 0 Å². The van der Waals surface area contributed by atoms with Crippen molar-refractivity contribution in [2.75, 3.05) is 13.1 Å². The fourth-order valence-electron chi connectivity index (χ4n) is 1.72. The molecule has 3 nitrogen and oxygen atoms in total. The molecular weight excluding hydrogens is 246 g/mol. The van der Waals surface area contributed by atoms with E-state index in [1.54, 1.807) is 11.0 Å². The maximum atomic E-state index is 11.8. The third kappa shape index (κ3) is 1.59. The third-order valence-electron chi connectivity index (χ3n) is 2.34. The summed E-state index contributed by atoms with van der Waals surface area (Å²) in [5, 5.41) is 0. The molecule has 0 aliphatic carbocycles. The van der Waals surface area contributed by atoms with Crippen molar-refractivity contribution >= 4 is 21.8 Å². The first-order chi connectivity index (χ1) is 6.49. The molecule has 1 aliphatic heterocycles. The molecule has 1 aromatic heterocycles. The van der Waals surface area contributed by atoms with E-state index in [1.165, 1.54) is 6.26 Å². The Kier molecular flexibility index (Phi) is 2.18. The highest BCUT2D eigenvalue weighted by Gasteiger charge is 2.38. The zero-order valence-corrected chi connectivity index (χ0v) is 9.80. The number of rotatable bonds is 1. The monoisotopic (exact) mass is 257 g/mol. The number of likely N-dealkylation sites (tertiary alicyclic amines) is 1. The predicted octanol–water partition coefficient (Wildman–Crippen LogP) is 2.52. The van der Waals surface area contributed by atoms with Crippen LogP contribution in [-0.2, 0) is 0 Å². The lowest BCUT2D eigenvalue weighted by Gasteiger charge is -2.45. The van der Waals surface area contributed by atoms with Crippen molar-refractivity contribution in [2.45, 2.75) is 13.8 Å². The van der Waals surface area contributed by atoms with Crippen molar-refractivity contribution < 1.29 is 9.21 Å². The van der Waals surface area contributed by atoms with Gasteiger partial charge in [-0.2, -0.15) is 0 Å². The van der Waals surface area contributed by atoms with E-state index in [-0.39, 0.29) is 11.3 Å². The Bertz CT molecular complexity index is 362. The van der Waals surface area contributed by atoms with Gasteiger partial charge in [0.1, 0.15) is 0 Å². The first kappa shape index (κ1) is 9.77. The van der Waals surface area contributed by atoms with E-state index in [1.807, 2.05) is 0 Å². The highest BCUT2D eigenvalue weighted by atomic mass is 79.9. The number of hydrogen-bond acceptors (Lipinski definition) is 2. The van der Waals surface area contributed by atoms with Crippen LogP contribution in [0.25, 0.3) is 0 Å². The molecule has 2 heterocycles. The fourth-order valence-corrected chi connectivity index (χ4v) is 2.09. The number of furan rings is 1. The average molecular weight is 258 g/mol. The summed E-state index contributed by atoms with van der Waals surface area (Å²) < 4.78 is 5.84. The molecule has 0 atom stereocenters. The van der Waals surface area contributed by atoms with Gasteiger partial charge in [-0.05, 0) is 27.4 Å². The minimum absolute atomic E-state index is 0.0267. The van der Waals surface area contributed by atoms with Crippen molar-refractivity contribution in [2.24, 2.45) is 5.41 Å². The van der Waals surface area contributed by atoms with Gasteiger partial charge in [0.15, 0.2) is 0 Å². The van der Waals surface area contributed by atoms with Gasteiger partial charge in [0.25, 0.3) is 5.91 Å². The van der Waals surface area contributed by atoms with Crippen LogP contribution in [-0.4, -0.2) is 23.9 Å². The molecule has 0 saturated carbocycles. The summed E-state index contributed by atoms with van der Waals surface area (Å²) in [6, 6.07) is 1.73. The normalized spacial score (nSPS) is 19.2. The molecule has 1 fully saturated rings. The van der Waals surface area contributed by atoms with Crippen LogP contribution in [0.2, 0.25) is 0 Å². The lowest BCUT2D eigenvalue weighted by Crippen LogP contribution is -2.55. The Morgan fingerprint density at radius 2 is 2.21 bits per heavy atom. The number of halogens is 1. The fraction of sp³-hybridized carbons (Fsp3) is 0.500. The van der Waals surface area contributed by atoms with E-state index in [0.717, 1.165) is 17.6 Å². The number of carbonyl (C=O) groups is 1. The summed E-state index contributed by atoms with van der Waals surface area (Å²) in [5.41, 5.74) is 0.259. The van der Waals surface area contributed by atoms with Crippen LogP contribution < -0.4 is 0 Å². The van der Waals surface area contributed by atoms with Crippen LogP contribution in [0.5, 0.6) is 0 Å². The molecule has 14 heavy (non-hydrogen) atoms. The second kappa shape index (κ2) is 3.12. The van der Waals surface area contributed by atoms with Gasteiger partial charge < -0.3 is 9.32 Å². The van der Waals surface area contributed by atoms with Gasteiger partial charge in [-0.15, -0.1) is 0 Å². The molecule has 0 N–H and O–H groups in total. The number of nitrogens with zero attached hydrogens (tertiary/aromatic N) is 1. The zero-order chi connectivity index (χ0) is 10.3. The molecule has 1 aromatic rings. The minimum Gasteiger partial charge on any atom is -0.458 e. The highest BCUT2D eigenvalue weighted by Crippen LogP contribution is 2.31. The number of amides is 1. The van der Waals surface area contributed by atoms with Crippen molar-refractivity contribution in [1.82, 2.24) is 4.90 Å². The molecule has 0 radical (unpaired) electrons. The molecule has 1 saturated heterocycles. The van der Waals surface area contributed by atoms with E-state index in [9.17, 15) is 4.79 Å². The van der Waals surface area contributed by atoms with Crippen molar-refractivity contribution in [1.29, 1.82) is 0 Å². The van der Waals surface area contributed by atoms with Gasteiger partial charge in [-0.1, -0.05) is 13.8 Å². The molecule has 2 rings (SSSR count). The SMILES string of the molecule is CC1(C)CN(C(=O)c2occc2Br)C1. The van der Waals surface area contributed by atoms with Crippen LogP contribution in [0.15, 0.2) is 21.2 Å². The van der Waals surface area contributed by atoms with E-state index in [0.29, 0.717) is 5.76 Å². The average Bonchev–Trinajstić information content (AvgIpc) is 2.45. The van der Waals surface area contributed by atoms with Crippen LogP contribution in [0, 0.1) is 5.41 Å². The molecule has 4 heteroatoms. The first-order valence-electron chi connectivity index (χ1n) is 4.52. The van der Waals surface area contributed by atoms with E-state index >= 15 is 0 Å². The topological polar surface area (TPSA) is 33.5 Å². The van der Waals surface area contributed by atoms with Gasteiger partial charge >= 0.3 is 0 Å². The molecule has 76 valence electrons. The van der Waals surface area contributed by atoms with Crippen LogP contribution in [0.1, 0.15) is 24.4 Å². The van der Waals surface area contributed by atoms with E-state index in [2.05, 4.69) is 29.8 Å². The maximum absolute atomic E-state index is 11.8. The van der Waals surface area contributed by atoms with E-state index in [4.69, 9.17) is 4.42 Å². The molecule has 0 bridgehead atoms. The molecule has 1 aliphatic rings. The standard InChI is InChI=1S/C10H12BrNO2/c1-10(2)5-12(6-10)9(13)8-7(11)3-4-14-8/h3-4H,5-6H2,1-2H3. The second-order valence-corrected chi connectivity index (χ2v) is 5.28. The van der Waals surface area contributed by atoms with Gasteiger partial charge in [0.2, 0.25) is 5.76 Å². The Morgan fingerprint density at radius 1 is 1.57 bits per heavy atom. The van der Waals surface area contributed by atoms with Crippen LogP contribution in [0.4, 0.5) is 0 Å². The summed E-state index contributed by atoms with van der Waals surface area (Å²) in [5.74, 6) is 0.377. The Hall–Kier alpha value is -0.770. The minimum atomic E-state index is -0.0267. The molecule has 0 unspecified atom stereocenters. The van der Waals surface area contributed by atoms with Crippen molar-refractivity contribution in [3.8, 4) is 0 Å². The second-order valence-electron chi connectivity index (χ2n) is 4.42. The van der Waals surface area contributed by atoms with Crippen LogP contribution >= 0.6 is 15.9 Å². The Labute approximate surface area is 91.2 Å². The quantitative estimate of drug-likeness (QED) is 0.775. The Morgan fingerprint density at radius 3 is 2.64 bits per heavy atom. The zero-order valence-electron chi connectivity index (χ0n) is 8.21. The highest BCUT2D eigenvalue weighted by molar-refractivity contribution is 9.10. The number of carbonyl (C=O) groups excluding carboxylic acids is 1. The lowest BCUT2D eigenvalue weighted by molar-refractivity contribution is 0.0208. The van der Waals surface area contributed by atoms with Gasteiger partial charge in [0.05, 0.1) is 10.7 Å².